The highest BCUT2D eigenvalue weighted by Gasteiger charge is 2.29. The fourth-order valence-corrected chi connectivity index (χ4v) is 1.49. The van der Waals surface area contributed by atoms with Crippen LogP contribution in [-0.4, -0.2) is 6.04 Å². The van der Waals surface area contributed by atoms with Gasteiger partial charge in [0.2, 0.25) is 23.6 Å². The minimum Gasteiger partial charge on any atom is -0.0471 e. The van der Waals surface area contributed by atoms with Crippen molar-refractivity contribution < 1.29 is 0 Å². The van der Waals surface area contributed by atoms with Gasteiger partial charge in [-0.15, -0.1) is 0 Å². The van der Waals surface area contributed by atoms with Gasteiger partial charge in [-0.1, -0.05) is 0 Å². The van der Waals surface area contributed by atoms with Crippen molar-refractivity contribution in [3.8, 4) is 0 Å². The van der Waals surface area contributed by atoms with E-state index in [4.69, 9.17) is 23.6 Å². The molecule has 0 bridgehead atoms. The van der Waals surface area contributed by atoms with E-state index in [0.717, 1.165) is 12.8 Å². The average molecular weight is 154 g/mol. The van der Waals surface area contributed by atoms with Gasteiger partial charge in [-0.2, -0.15) is 0 Å². The Morgan fingerprint density at radius 2 is 1.62 bits per heavy atom. The largest absolute Gasteiger partial charge is 0.250 e. The normalized spacial score (nSPS) is 22.9. The van der Waals surface area contributed by atoms with Crippen LogP contribution in [0.5, 0.6) is 0 Å². The maximum absolute atomic E-state index is 5.48. The highest BCUT2D eigenvalue weighted by Crippen LogP contribution is 2.23. The molecule has 47 valence electrons. The van der Waals surface area contributed by atoms with Crippen LogP contribution in [0.2, 0.25) is 0 Å². The Bertz CT molecular complexity index is 68.8. The number of nitrogens with zero attached hydrogens (tertiary/aromatic N) is 1. The molecule has 0 heterocycles. The Balaban J connectivity index is 2.24. The standard InChI is InChI=1S/C5H9Cl2N/c6-8(7)5-3-1-2-4-5/h5H,1-4H2/q+1. The van der Waals surface area contributed by atoms with Gasteiger partial charge in [0.05, 0.1) is 3.94 Å². The summed E-state index contributed by atoms with van der Waals surface area (Å²) >= 11 is 11.0. The van der Waals surface area contributed by atoms with Gasteiger partial charge in [-0.25, -0.2) is 0 Å². The number of halogens is 2. The van der Waals surface area contributed by atoms with Gasteiger partial charge in [0.25, 0.3) is 0 Å². The Labute approximate surface area is 59.8 Å². The molecule has 0 amide bonds. The molecule has 1 saturated carbocycles. The first-order valence-corrected chi connectivity index (χ1v) is 3.59. The quantitative estimate of drug-likeness (QED) is 0.511. The Kier molecular flexibility index (Phi) is 2.42. The van der Waals surface area contributed by atoms with Crippen molar-refractivity contribution in [1.82, 2.24) is 3.94 Å². The van der Waals surface area contributed by atoms with Gasteiger partial charge >= 0.3 is 0 Å². The van der Waals surface area contributed by atoms with Crippen LogP contribution >= 0.6 is 23.6 Å². The molecule has 0 unspecified atom stereocenters. The predicted molar refractivity (Wildman–Crippen MR) is 36.1 cm³/mol. The lowest BCUT2D eigenvalue weighted by molar-refractivity contribution is 0.594. The zero-order chi connectivity index (χ0) is 5.98. The predicted octanol–water partition coefficient (Wildman–Crippen LogP) is 2.38. The van der Waals surface area contributed by atoms with Gasteiger partial charge in [0, 0.05) is 12.8 Å². The van der Waals surface area contributed by atoms with E-state index >= 15 is 0 Å². The zero-order valence-electron chi connectivity index (χ0n) is 4.61. The molecule has 0 N–H and O–H groups in total. The number of hydrogen-bond donors (Lipinski definition) is 0. The fraction of sp³-hybridized carbons (Fsp3) is 1.00. The van der Waals surface area contributed by atoms with E-state index in [9.17, 15) is 0 Å². The second-order valence-corrected chi connectivity index (χ2v) is 3.10. The number of hydrogen-bond acceptors (Lipinski definition) is 1. The van der Waals surface area contributed by atoms with Crippen LogP contribution in [0.3, 0.4) is 0 Å². The van der Waals surface area contributed by atoms with E-state index in [0.29, 0.717) is 6.04 Å². The first kappa shape index (κ1) is 6.66. The van der Waals surface area contributed by atoms with Crippen LogP contribution in [0.1, 0.15) is 25.7 Å². The van der Waals surface area contributed by atoms with Crippen molar-refractivity contribution in [1.29, 1.82) is 0 Å². The van der Waals surface area contributed by atoms with Gasteiger partial charge in [-0.05, 0) is 12.8 Å². The van der Waals surface area contributed by atoms with E-state index in [1.807, 2.05) is 0 Å². The molecule has 0 atom stereocenters. The van der Waals surface area contributed by atoms with Crippen LogP contribution in [0.15, 0.2) is 0 Å². The SMILES string of the molecule is Cl[N+](Cl)C1CCCC1. The van der Waals surface area contributed by atoms with E-state index in [1.54, 1.807) is 0 Å². The van der Waals surface area contributed by atoms with Crippen LogP contribution < -0.4 is 3.94 Å². The molecule has 0 aromatic carbocycles. The van der Waals surface area contributed by atoms with Gasteiger partial charge in [0.15, 0.2) is 6.04 Å². The molecule has 1 aliphatic rings. The molecular weight excluding hydrogens is 145 g/mol. The molecule has 0 aliphatic heterocycles. The molecule has 1 aliphatic carbocycles. The summed E-state index contributed by atoms with van der Waals surface area (Å²) in [5.74, 6) is 0. The van der Waals surface area contributed by atoms with Crippen molar-refractivity contribution in [2.24, 2.45) is 0 Å². The molecule has 0 spiro atoms. The van der Waals surface area contributed by atoms with E-state index < -0.39 is 0 Å². The highest BCUT2D eigenvalue weighted by molar-refractivity contribution is 6.37. The molecule has 0 aromatic heterocycles. The summed E-state index contributed by atoms with van der Waals surface area (Å²) in [4.78, 5) is 0. The summed E-state index contributed by atoms with van der Waals surface area (Å²) in [7, 11) is 0. The van der Waals surface area contributed by atoms with E-state index in [2.05, 4.69) is 0 Å². The van der Waals surface area contributed by atoms with Crippen LogP contribution in [-0.2, 0) is 0 Å². The summed E-state index contributed by atoms with van der Waals surface area (Å²) in [6, 6.07) is 0.429. The highest BCUT2D eigenvalue weighted by atomic mass is 35.5. The third-order valence-electron chi connectivity index (χ3n) is 1.60. The minimum atomic E-state index is 0.429. The maximum atomic E-state index is 5.48. The van der Waals surface area contributed by atoms with Gasteiger partial charge < -0.3 is 0 Å². The van der Waals surface area contributed by atoms with E-state index in [1.165, 1.54) is 16.8 Å². The topological polar surface area (TPSA) is 5.90 Å². The Morgan fingerprint density at radius 1 is 1.12 bits per heavy atom. The average Bonchev–Trinajstić information content (AvgIpc) is 2.12. The van der Waals surface area contributed by atoms with Crippen LogP contribution in [0, 0.1) is 0 Å². The summed E-state index contributed by atoms with van der Waals surface area (Å²) in [5.41, 5.74) is 0. The third-order valence-corrected chi connectivity index (χ3v) is 2.15. The second kappa shape index (κ2) is 2.90. The van der Waals surface area contributed by atoms with Crippen molar-refractivity contribution in [3.05, 3.63) is 0 Å². The molecule has 1 radical (unpaired) electrons. The molecule has 1 fully saturated rings. The summed E-state index contributed by atoms with van der Waals surface area (Å²) < 4.78 is 1.28. The molecule has 0 saturated heterocycles. The second-order valence-electron chi connectivity index (χ2n) is 2.20. The first-order valence-electron chi connectivity index (χ1n) is 2.91. The van der Waals surface area contributed by atoms with Crippen molar-refractivity contribution in [3.63, 3.8) is 0 Å². The third kappa shape index (κ3) is 1.51. The fourth-order valence-electron chi connectivity index (χ4n) is 1.10. The van der Waals surface area contributed by atoms with Gasteiger partial charge in [-0.3, -0.25) is 0 Å². The molecule has 0 aromatic rings. The number of rotatable bonds is 1. The molecule has 3 heteroatoms. The minimum absolute atomic E-state index is 0.429. The first-order chi connectivity index (χ1) is 3.80. The molecular formula is C5H9Cl2N+. The molecule has 1 nitrogen and oxygen atoms in total. The van der Waals surface area contributed by atoms with Crippen molar-refractivity contribution >= 4 is 23.6 Å². The maximum Gasteiger partial charge on any atom is 0.250 e. The van der Waals surface area contributed by atoms with Crippen LogP contribution in [0.25, 0.3) is 0 Å². The lowest BCUT2D eigenvalue weighted by Crippen LogP contribution is -2.18. The smallest absolute Gasteiger partial charge is 0.0471 e. The van der Waals surface area contributed by atoms with Crippen molar-refractivity contribution in [2.45, 2.75) is 31.7 Å². The summed E-state index contributed by atoms with van der Waals surface area (Å²) in [6.07, 6.45) is 4.88. The lowest BCUT2D eigenvalue weighted by Gasteiger charge is -1.96. The Morgan fingerprint density at radius 3 is 1.88 bits per heavy atom. The van der Waals surface area contributed by atoms with Crippen molar-refractivity contribution in [2.75, 3.05) is 0 Å². The lowest BCUT2D eigenvalue weighted by atomic mass is 10.3. The van der Waals surface area contributed by atoms with Crippen LogP contribution in [0.4, 0.5) is 0 Å². The monoisotopic (exact) mass is 153 g/mol. The summed E-state index contributed by atoms with van der Waals surface area (Å²) in [5, 5.41) is 0. The molecule has 8 heavy (non-hydrogen) atoms. The zero-order valence-corrected chi connectivity index (χ0v) is 6.12. The van der Waals surface area contributed by atoms with E-state index in [-0.39, 0.29) is 0 Å². The molecule has 1 rings (SSSR count). The Hall–Kier alpha value is 0.540. The van der Waals surface area contributed by atoms with Gasteiger partial charge in [0.1, 0.15) is 0 Å². The summed E-state index contributed by atoms with van der Waals surface area (Å²) in [6.45, 7) is 0.